The molecule has 0 unspecified atom stereocenters. The maximum atomic E-state index is 14.4. The average Bonchev–Trinajstić information content (AvgIpc) is 3.59. The summed E-state index contributed by atoms with van der Waals surface area (Å²) in [5.41, 5.74) is 4.65. The number of nitrogens with one attached hydrogen (secondary N) is 2. The SMILES string of the molecule is COc1ccc(CN2C(=O)C3(CCCC3)c3cc(/C(=C/C=N)Nc4ccccc4)cc(Oc4ccccn4)c32)cc1. The van der Waals surface area contributed by atoms with Crippen molar-refractivity contribution in [3.63, 3.8) is 0 Å². The van der Waals surface area contributed by atoms with Gasteiger partial charge in [-0.05, 0) is 72.5 Å². The lowest BCUT2D eigenvalue weighted by atomic mass is 9.79. The van der Waals surface area contributed by atoms with Gasteiger partial charge in [0.25, 0.3) is 0 Å². The Bertz CT molecular complexity index is 1580. The van der Waals surface area contributed by atoms with Crippen LogP contribution >= 0.6 is 0 Å². The van der Waals surface area contributed by atoms with E-state index in [4.69, 9.17) is 14.9 Å². The van der Waals surface area contributed by atoms with E-state index < -0.39 is 5.41 Å². The normalized spacial score (nSPS) is 15.6. The third kappa shape index (κ3) is 5.07. The number of para-hydroxylation sites is 1. The third-order valence-electron chi connectivity index (χ3n) is 7.94. The van der Waals surface area contributed by atoms with Gasteiger partial charge < -0.3 is 25.1 Å². The molecular weight excluding hydrogens is 512 g/mol. The quantitative estimate of drug-likeness (QED) is 0.215. The van der Waals surface area contributed by atoms with Gasteiger partial charge in [0.05, 0.1) is 24.8 Å². The van der Waals surface area contributed by atoms with E-state index in [0.717, 1.165) is 65.2 Å². The van der Waals surface area contributed by atoms with E-state index in [1.54, 1.807) is 19.4 Å². The van der Waals surface area contributed by atoms with Crippen LogP contribution in [0.15, 0.2) is 97.2 Å². The molecule has 1 spiro atoms. The van der Waals surface area contributed by atoms with Crippen molar-refractivity contribution in [1.29, 1.82) is 5.41 Å². The van der Waals surface area contributed by atoms with Gasteiger partial charge in [-0.3, -0.25) is 4.79 Å². The molecule has 4 aromatic rings. The van der Waals surface area contributed by atoms with Crippen LogP contribution in [-0.2, 0) is 16.8 Å². The van der Waals surface area contributed by atoms with Gasteiger partial charge in [-0.25, -0.2) is 4.98 Å². The van der Waals surface area contributed by atoms with E-state index in [1.165, 1.54) is 6.21 Å². The Morgan fingerprint density at radius 3 is 2.46 bits per heavy atom. The van der Waals surface area contributed by atoms with Crippen LogP contribution in [0.1, 0.15) is 42.4 Å². The molecule has 2 N–H and O–H groups in total. The fourth-order valence-corrected chi connectivity index (χ4v) is 5.98. The van der Waals surface area contributed by atoms with E-state index >= 15 is 0 Å². The van der Waals surface area contributed by atoms with Crippen molar-refractivity contribution in [2.75, 3.05) is 17.3 Å². The summed E-state index contributed by atoms with van der Waals surface area (Å²) >= 11 is 0. The topological polar surface area (TPSA) is 87.5 Å². The summed E-state index contributed by atoms with van der Waals surface area (Å²) in [5, 5.41) is 11.3. The summed E-state index contributed by atoms with van der Waals surface area (Å²) in [5.74, 6) is 1.89. The molecule has 0 atom stereocenters. The number of anilines is 2. The van der Waals surface area contributed by atoms with Gasteiger partial charge in [-0.2, -0.15) is 0 Å². The molecule has 1 fully saturated rings. The zero-order chi connectivity index (χ0) is 28.2. The number of fused-ring (bicyclic) bond motifs is 2. The standard InChI is InChI=1S/C34H32N4O3/c1-40-27-14-12-24(13-15-27)23-38-32-28(34(33(38)39)17-6-7-18-34)21-25(22-30(32)41-31-11-5-8-20-36-31)29(16-19-35)37-26-9-3-2-4-10-26/h2-5,8-16,19-22,35,37H,6-7,17-18,23H2,1H3/b29-16-,35-19?. The summed E-state index contributed by atoms with van der Waals surface area (Å²) in [6, 6.07) is 27.3. The van der Waals surface area contributed by atoms with Gasteiger partial charge in [0.1, 0.15) is 5.75 Å². The predicted molar refractivity (Wildman–Crippen MR) is 162 cm³/mol. The highest BCUT2D eigenvalue weighted by Crippen LogP contribution is 2.56. The average molecular weight is 545 g/mol. The van der Waals surface area contributed by atoms with Gasteiger partial charge in [0.2, 0.25) is 11.8 Å². The molecule has 0 saturated heterocycles. The Morgan fingerprint density at radius 2 is 1.78 bits per heavy atom. The zero-order valence-electron chi connectivity index (χ0n) is 23.0. The van der Waals surface area contributed by atoms with Crippen molar-refractivity contribution >= 4 is 29.2 Å². The summed E-state index contributed by atoms with van der Waals surface area (Å²) in [7, 11) is 1.64. The molecular formula is C34H32N4O3. The van der Waals surface area contributed by atoms with Crippen LogP contribution in [0.3, 0.4) is 0 Å². The minimum absolute atomic E-state index is 0.109. The molecule has 1 aromatic heterocycles. The number of carbonyl (C=O) groups is 1. The molecule has 7 nitrogen and oxygen atoms in total. The van der Waals surface area contributed by atoms with Gasteiger partial charge >= 0.3 is 0 Å². The van der Waals surface area contributed by atoms with Gasteiger partial charge in [0.15, 0.2) is 5.75 Å². The van der Waals surface area contributed by atoms with Gasteiger partial charge in [-0.15, -0.1) is 0 Å². The predicted octanol–water partition coefficient (Wildman–Crippen LogP) is 7.34. The highest BCUT2D eigenvalue weighted by molar-refractivity contribution is 6.10. The van der Waals surface area contributed by atoms with E-state index in [9.17, 15) is 4.79 Å². The molecule has 6 rings (SSSR count). The van der Waals surface area contributed by atoms with Crippen molar-refractivity contribution in [1.82, 2.24) is 4.98 Å². The second-order valence-electron chi connectivity index (χ2n) is 10.4. The lowest BCUT2D eigenvalue weighted by Gasteiger charge is -2.23. The number of methoxy groups -OCH3 is 1. The first-order chi connectivity index (χ1) is 20.1. The fraction of sp³-hybridized carbons (Fsp3) is 0.206. The zero-order valence-corrected chi connectivity index (χ0v) is 23.0. The van der Waals surface area contributed by atoms with Crippen molar-refractivity contribution in [3.05, 3.63) is 114 Å². The molecule has 0 radical (unpaired) electrons. The number of nitrogens with zero attached hydrogens (tertiary/aromatic N) is 2. The minimum Gasteiger partial charge on any atom is -0.497 e. The highest BCUT2D eigenvalue weighted by Gasteiger charge is 2.53. The van der Waals surface area contributed by atoms with Crippen LogP contribution in [-0.4, -0.2) is 24.2 Å². The van der Waals surface area contributed by atoms with Gasteiger partial charge in [0, 0.05) is 35.4 Å². The highest BCUT2D eigenvalue weighted by atomic mass is 16.5. The Morgan fingerprint density at radius 1 is 1.02 bits per heavy atom. The van der Waals surface area contributed by atoms with Crippen molar-refractivity contribution in [2.24, 2.45) is 0 Å². The Labute approximate surface area is 240 Å². The van der Waals surface area contributed by atoms with E-state index in [-0.39, 0.29) is 5.91 Å². The summed E-state index contributed by atoms with van der Waals surface area (Å²) in [6.45, 7) is 0.418. The van der Waals surface area contributed by atoms with Gasteiger partial charge in [-0.1, -0.05) is 49.2 Å². The van der Waals surface area contributed by atoms with E-state index in [0.29, 0.717) is 18.2 Å². The second kappa shape index (κ2) is 11.3. The number of carbonyl (C=O) groups excluding carboxylic acids is 1. The summed E-state index contributed by atoms with van der Waals surface area (Å²) in [6.07, 6.45) is 8.26. The molecule has 1 aliphatic heterocycles. The molecule has 2 heterocycles. The maximum absolute atomic E-state index is 14.4. The number of benzene rings is 3. The smallest absolute Gasteiger partial charge is 0.238 e. The Balaban J connectivity index is 1.51. The first kappa shape index (κ1) is 26.3. The number of allylic oxidation sites excluding steroid dienone is 1. The first-order valence-electron chi connectivity index (χ1n) is 13.9. The van der Waals surface area contributed by atoms with Crippen LogP contribution in [0.5, 0.6) is 17.4 Å². The number of rotatable bonds is 9. The van der Waals surface area contributed by atoms with E-state index in [2.05, 4.69) is 16.4 Å². The molecule has 41 heavy (non-hydrogen) atoms. The maximum Gasteiger partial charge on any atom is 0.238 e. The van der Waals surface area contributed by atoms with Crippen molar-refractivity contribution in [2.45, 2.75) is 37.6 Å². The minimum atomic E-state index is -0.609. The second-order valence-corrected chi connectivity index (χ2v) is 10.4. The number of ether oxygens (including phenoxy) is 2. The largest absolute Gasteiger partial charge is 0.497 e. The number of amides is 1. The lowest BCUT2D eigenvalue weighted by Crippen LogP contribution is -2.38. The molecule has 7 heteroatoms. The monoisotopic (exact) mass is 544 g/mol. The Kier molecular flexibility index (Phi) is 7.25. The fourth-order valence-electron chi connectivity index (χ4n) is 5.98. The molecule has 1 amide bonds. The van der Waals surface area contributed by atoms with Crippen LogP contribution in [0.2, 0.25) is 0 Å². The van der Waals surface area contributed by atoms with Crippen molar-refractivity contribution < 1.29 is 14.3 Å². The number of pyridine rings is 1. The molecule has 1 aliphatic carbocycles. The van der Waals surface area contributed by atoms with Crippen LogP contribution in [0, 0.1) is 5.41 Å². The Hall–Kier alpha value is -4.91. The lowest BCUT2D eigenvalue weighted by molar-refractivity contribution is -0.123. The molecule has 0 bridgehead atoms. The van der Waals surface area contributed by atoms with Crippen LogP contribution in [0.25, 0.3) is 5.70 Å². The number of hydrogen-bond acceptors (Lipinski definition) is 6. The molecule has 3 aromatic carbocycles. The van der Waals surface area contributed by atoms with E-state index in [1.807, 2.05) is 83.8 Å². The molecule has 206 valence electrons. The van der Waals surface area contributed by atoms with Crippen molar-refractivity contribution in [3.8, 4) is 17.4 Å². The third-order valence-corrected chi connectivity index (χ3v) is 7.94. The molecule has 1 saturated carbocycles. The number of hydrogen-bond donors (Lipinski definition) is 2. The summed E-state index contributed by atoms with van der Waals surface area (Å²) < 4.78 is 11.8. The van der Waals surface area contributed by atoms with Crippen LogP contribution < -0.4 is 19.7 Å². The first-order valence-corrected chi connectivity index (χ1v) is 13.9. The van der Waals surface area contributed by atoms with Crippen LogP contribution in [0.4, 0.5) is 11.4 Å². The number of aromatic nitrogens is 1. The summed E-state index contributed by atoms with van der Waals surface area (Å²) in [4.78, 5) is 20.7. The molecule has 2 aliphatic rings.